The van der Waals surface area contributed by atoms with Gasteiger partial charge < -0.3 is 10.5 Å². The van der Waals surface area contributed by atoms with Gasteiger partial charge in [0.2, 0.25) is 5.96 Å². The summed E-state index contributed by atoms with van der Waals surface area (Å²) in [6.45, 7) is 1.61. The Hall–Kier alpha value is -2.30. The molecule has 0 aromatic rings. The van der Waals surface area contributed by atoms with Gasteiger partial charge in [0.25, 0.3) is 0 Å². The molecule has 5 heteroatoms. The minimum Gasteiger partial charge on any atom is -0.428 e. The molecule has 0 unspecified atom stereocenters. The van der Waals surface area contributed by atoms with Crippen LogP contribution in [0.2, 0.25) is 0 Å². The normalized spacial score (nSPS) is 16.0. The standard InChI is InChI=1S/C12H12N4O/c17-16-7-1-2-9-3-4-10(8-11(9)16)15-12-13-5-6-14-12/h1-4,7-8,17H,5-6H2,(H,13,14). The molecular weight excluding hydrogens is 216 g/mol. The molecule has 0 aromatic carbocycles. The molecule has 3 rings (SSSR count). The molecule has 0 fully saturated rings. The van der Waals surface area contributed by atoms with Crippen molar-refractivity contribution in [3.8, 4) is 11.3 Å². The highest BCUT2D eigenvalue weighted by Gasteiger charge is 2.05. The number of fused-ring (bicyclic) bond motifs is 1. The summed E-state index contributed by atoms with van der Waals surface area (Å²) in [4.78, 5) is 8.57. The molecule has 2 heterocycles. The Bertz CT molecular complexity index is 614. The first kappa shape index (κ1) is 9.89. The number of pyridine rings is 1. The van der Waals surface area contributed by atoms with Crippen molar-refractivity contribution in [1.29, 1.82) is 0 Å². The van der Waals surface area contributed by atoms with Crippen molar-refractivity contribution in [2.24, 2.45) is 9.98 Å². The highest BCUT2D eigenvalue weighted by Crippen LogP contribution is 2.16. The lowest BCUT2D eigenvalue weighted by Crippen LogP contribution is -2.19. The van der Waals surface area contributed by atoms with Crippen LogP contribution in [0.3, 0.4) is 0 Å². The topological polar surface area (TPSA) is 61.9 Å². The van der Waals surface area contributed by atoms with Gasteiger partial charge in [0, 0.05) is 18.3 Å². The van der Waals surface area contributed by atoms with E-state index in [4.69, 9.17) is 0 Å². The van der Waals surface area contributed by atoms with Crippen molar-refractivity contribution in [1.82, 2.24) is 10.0 Å². The number of nitrogens with one attached hydrogen (secondary N) is 1. The number of hydrogen-bond acceptors (Lipinski definition) is 4. The zero-order valence-electron chi connectivity index (χ0n) is 9.17. The van der Waals surface area contributed by atoms with Gasteiger partial charge in [-0.15, -0.1) is 0 Å². The first-order chi connectivity index (χ1) is 8.33. The van der Waals surface area contributed by atoms with E-state index in [1.54, 1.807) is 12.3 Å². The fourth-order valence-electron chi connectivity index (χ4n) is 1.83. The highest BCUT2D eigenvalue weighted by atomic mass is 16.5. The summed E-state index contributed by atoms with van der Waals surface area (Å²) in [6, 6.07) is 9.40. The van der Waals surface area contributed by atoms with Crippen molar-refractivity contribution >= 4 is 5.96 Å². The van der Waals surface area contributed by atoms with Gasteiger partial charge in [-0.2, -0.15) is 4.73 Å². The number of aromatic nitrogens is 1. The van der Waals surface area contributed by atoms with Crippen molar-refractivity contribution in [3.63, 3.8) is 0 Å². The van der Waals surface area contributed by atoms with Crippen LogP contribution in [0, 0.1) is 0 Å². The van der Waals surface area contributed by atoms with Crippen LogP contribution >= 0.6 is 0 Å². The Morgan fingerprint density at radius 1 is 1.35 bits per heavy atom. The largest absolute Gasteiger partial charge is 0.428 e. The van der Waals surface area contributed by atoms with Crippen molar-refractivity contribution in [3.05, 3.63) is 41.9 Å². The first-order valence-electron chi connectivity index (χ1n) is 5.47. The van der Waals surface area contributed by atoms with Gasteiger partial charge in [0.05, 0.1) is 17.6 Å². The van der Waals surface area contributed by atoms with Crippen LogP contribution in [0.4, 0.5) is 0 Å². The Morgan fingerprint density at radius 3 is 3.12 bits per heavy atom. The third kappa shape index (κ3) is 1.87. The summed E-state index contributed by atoms with van der Waals surface area (Å²) in [5.41, 5.74) is 1.70. The Balaban J connectivity index is 2.13. The maximum Gasteiger partial charge on any atom is 0.218 e. The summed E-state index contributed by atoms with van der Waals surface area (Å²) >= 11 is 0. The van der Waals surface area contributed by atoms with Crippen LogP contribution < -0.4 is 10.7 Å². The van der Waals surface area contributed by atoms with Gasteiger partial charge in [-0.1, -0.05) is 12.1 Å². The van der Waals surface area contributed by atoms with E-state index >= 15 is 0 Å². The van der Waals surface area contributed by atoms with Gasteiger partial charge >= 0.3 is 0 Å². The van der Waals surface area contributed by atoms with E-state index in [0.29, 0.717) is 5.96 Å². The summed E-state index contributed by atoms with van der Waals surface area (Å²) in [5, 5.41) is 13.5. The number of nitrogens with zero attached hydrogens (tertiary/aromatic N) is 3. The predicted octanol–water partition coefficient (Wildman–Crippen LogP) is 0.690. The molecule has 0 bridgehead atoms. The van der Waals surface area contributed by atoms with Crippen LogP contribution in [-0.4, -0.2) is 29.0 Å². The summed E-state index contributed by atoms with van der Waals surface area (Å²) in [7, 11) is 0. The van der Waals surface area contributed by atoms with Crippen LogP contribution in [0.1, 0.15) is 0 Å². The maximum atomic E-state index is 9.69. The average molecular weight is 228 g/mol. The summed E-state index contributed by atoms with van der Waals surface area (Å²) < 4.78 is 1.10. The van der Waals surface area contributed by atoms with E-state index in [9.17, 15) is 5.21 Å². The lowest BCUT2D eigenvalue weighted by Gasteiger charge is -2.08. The van der Waals surface area contributed by atoms with Gasteiger partial charge in [-0.3, -0.25) is 0 Å². The number of aliphatic imine (C=N–C) groups is 1. The molecule has 2 aliphatic heterocycles. The summed E-state index contributed by atoms with van der Waals surface area (Å²) in [6.07, 6.45) is 1.59. The molecule has 0 atom stereocenters. The van der Waals surface area contributed by atoms with Crippen LogP contribution in [-0.2, 0) is 0 Å². The zero-order valence-corrected chi connectivity index (χ0v) is 9.17. The molecule has 5 nitrogen and oxygen atoms in total. The molecule has 0 aromatic heterocycles. The summed E-state index contributed by atoms with van der Waals surface area (Å²) in [5.74, 6) is 0.657. The second-order valence-corrected chi connectivity index (χ2v) is 3.84. The van der Waals surface area contributed by atoms with E-state index in [1.165, 1.54) is 0 Å². The van der Waals surface area contributed by atoms with Crippen molar-refractivity contribution < 1.29 is 5.21 Å². The number of hydrogen-bond donors (Lipinski definition) is 2. The molecule has 0 radical (unpaired) electrons. The van der Waals surface area contributed by atoms with E-state index in [1.807, 2.05) is 24.3 Å². The molecule has 0 amide bonds. The van der Waals surface area contributed by atoms with Gasteiger partial charge in [-0.25, -0.2) is 9.98 Å². The fraction of sp³-hybridized carbons (Fsp3) is 0.167. The number of rotatable bonds is 0. The quantitative estimate of drug-likeness (QED) is 0.652. The van der Waals surface area contributed by atoms with Crippen molar-refractivity contribution in [2.75, 3.05) is 13.1 Å². The van der Waals surface area contributed by atoms with Crippen LogP contribution in [0.5, 0.6) is 0 Å². The fourth-order valence-corrected chi connectivity index (χ4v) is 1.83. The highest BCUT2D eigenvalue weighted by molar-refractivity contribution is 5.82. The molecule has 3 aliphatic rings. The Kier molecular flexibility index (Phi) is 2.29. The lowest BCUT2D eigenvalue weighted by molar-refractivity contribution is 0.189. The molecule has 1 aliphatic carbocycles. The monoisotopic (exact) mass is 228 g/mol. The van der Waals surface area contributed by atoms with E-state index < -0.39 is 0 Å². The molecule has 0 saturated heterocycles. The molecule has 86 valence electrons. The van der Waals surface area contributed by atoms with Crippen LogP contribution in [0.25, 0.3) is 11.3 Å². The minimum atomic E-state index is 0.657. The molecular formula is C12H12N4O. The van der Waals surface area contributed by atoms with E-state index in [2.05, 4.69) is 15.3 Å². The Morgan fingerprint density at radius 2 is 2.29 bits per heavy atom. The predicted molar refractivity (Wildman–Crippen MR) is 64.1 cm³/mol. The third-order valence-corrected chi connectivity index (χ3v) is 2.66. The van der Waals surface area contributed by atoms with Gasteiger partial charge in [-0.05, 0) is 18.2 Å². The third-order valence-electron chi connectivity index (χ3n) is 2.66. The smallest absolute Gasteiger partial charge is 0.218 e. The maximum absolute atomic E-state index is 9.69. The molecule has 2 N–H and O–H groups in total. The van der Waals surface area contributed by atoms with E-state index in [0.717, 1.165) is 34.4 Å². The molecule has 0 saturated carbocycles. The Labute approximate surface area is 98.1 Å². The number of guanidine groups is 1. The molecule has 17 heavy (non-hydrogen) atoms. The SMILES string of the molecule is On1cccc2ccc(=NC3=NCCN3)cc1-2. The van der Waals surface area contributed by atoms with Gasteiger partial charge in [0.1, 0.15) is 0 Å². The second kappa shape index (κ2) is 3.93. The van der Waals surface area contributed by atoms with Crippen LogP contribution in [0.15, 0.2) is 46.5 Å². The van der Waals surface area contributed by atoms with Crippen molar-refractivity contribution in [2.45, 2.75) is 0 Å². The average Bonchev–Trinajstić information content (AvgIpc) is 2.83. The minimum absolute atomic E-state index is 0.657. The van der Waals surface area contributed by atoms with E-state index in [-0.39, 0.29) is 0 Å². The lowest BCUT2D eigenvalue weighted by atomic mass is 10.1. The zero-order chi connectivity index (χ0) is 11.7. The second-order valence-electron chi connectivity index (χ2n) is 3.84. The van der Waals surface area contributed by atoms with Gasteiger partial charge in [0.15, 0.2) is 0 Å². The first-order valence-corrected chi connectivity index (χ1v) is 5.47. The number of benzene rings is 1. The molecule has 0 spiro atoms.